The van der Waals surface area contributed by atoms with E-state index in [-0.39, 0.29) is 17.3 Å². The third-order valence-corrected chi connectivity index (χ3v) is 7.76. The predicted molar refractivity (Wildman–Crippen MR) is 82.7 cm³/mol. The Labute approximate surface area is 128 Å². The van der Waals surface area contributed by atoms with Crippen LogP contribution in [0.5, 0.6) is 0 Å². The fourth-order valence-electron chi connectivity index (χ4n) is 6.60. The summed E-state index contributed by atoms with van der Waals surface area (Å²) in [6, 6.07) is 0. The minimum Gasteiger partial charge on any atom is -0.389 e. The van der Waals surface area contributed by atoms with Crippen molar-refractivity contribution in [2.45, 2.75) is 71.3 Å². The smallest absolute Gasteiger partial charge is 0.155 e. The van der Waals surface area contributed by atoms with Crippen LogP contribution in [-0.2, 0) is 4.79 Å². The lowest BCUT2D eigenvalue weighted by molar-refractivity contribution is -0.118. The van der Waals surface area contributed by atoms with Gasteiger partial charge in [-0.25, -0.2) is 0 Å². The molecule has 3 unspecified atom stereocenters. The lowest BCUT2D eigenvalue weighted by atomic mass is 9.47. The van der Waals surface area contributed by atoms with Crippen LogP contribution in [0.2, 0.25) is 0 Å². The summed E-state index contributed by atoms with van der Waals surface area (Å²) in [7, 11) is 0. The molecule has 4 rings (SSSR count). The van der Waals surface area contributed by atoms with Crippen molar-refractivity contribution in [3.8, 4) is 0 Å². The van der Waals surface area contributed by atoms with Crippen LogP contribution in [0.3, 0.4) is 0 Å². The monoisotopic (exact) mass is 288 g/mol. The summed E-state index contributed by atoms with van der Waals surface area (Å²) in [5.74, 6) is 2.40. The van der Waals surface area contributed by atoms with Gasteiger partial charge in [-0.15, -0.1) is 0 Å². The normalized spacial score (nSPS) is 52.7. The van der Waals surface area contributed by atoms with Gasteiger partial charge in [0.2, 0.25) is 0 Å². The van der Waals surface area contributed by atoms with Crippen LogP contribution in [0, 0.1) is 28.6 Å². The Morgan fingerprint density at radius 2 is 1.95 bits per heavy atom. The minimum absolute atomic E-state index is 0.0835. The topological polar surface area (TPSA) is 37.3 Å². The van der Waals surface area contributed by atoms with Crippen molar-refractivity contribution in [3.05, 3.63) is 11.6 Å². The molecular formula is C19H28O2. The van der Waals surface area contributed by atoms with E-state index in [0.29, 0.717) is 23.7 Å². The standard InChI is InChI=1S/C19H28O2/c1-18-7-3-4-14(18)13-11-17(21)16-10-12(20)5-9-19(16,2)15(13)6-8-18/h10,13-15,17,21H,3-9,11H2,1-2H3/t13?,14?,15?,17-,18+,19-/m1/s1. The first-order chi connectivity index (χ1) is 9.94. The van der Waals surface area contributed by atoms with Crippen molar-refractivity contribution in [2.75, 3.05) is 0 Å². The zero-order valence-electron chi connectivity index (χ0n) is 13.4. The maximum Gasteiger partial charge on any atom is 0.155 e. The molecule has 0 radical (unpaired) electrons. The number of hydrogen-bond acceptors (Lipinski definition) is 2. The predicted octanol–water partition coefficient (Wildman–Crippen LogP) is 3.88. The van der Waals surface area contributed by atoms with Crippen LogP contribution in [-0.4, -0.2) is 17.0 Å². The van der Waals surface area contributed by atoms with Gasteiger partial charge in [0.1, 0.15) is 0 Å². The second-order valence-corrected chi connectivity index (χ2v) is 8.70. The number of carbonyl (C=O) groups excluding carboxylic acids is 1. The molecule has 0 bridgehead atoms. The lowest BCUT2D eigenvalue weighted by Gasteiger charge is -2.58. The first-order valence-electron chi connectivity index (χ1n) is 8.87. The molecule has 0 aliphatic heterocycles. The van der Waals surface area contributed by atoms with Crippen LogP contribution in [0.15, 0.2) is 11.6 Å². The quantitative estimate of drug-likeness (QED) is 0.734. The maximum absolute atomic E-state index is 11.8. The number of aliphatic hydroxyl groups excluding tert-OH is 1. The highest BCUT2D eigenvalue weighted by Gasteiger charge is 2.58. The highest BCUT2D eigenvalue weighted by Crippen LogP contribution is 2.65. The molecule has 4 aliphatic rings. The maximum atomic E-state index is 11.8. The first kappa shape index (κ1) is 14.0. The van der Waals surface area contributed by atoms with Gasteiger partial charge in [-0.1, -0.05) is 20.3 Å². The van der Waals surface area contributed by atoms with Gasteiger partial charge in [0.05, 0.1) is 6.10 Å². The zero-order valence-corrected chi connectivity index (χ0v) is 13.4. The van der Waals surface area contributed by atoms with Gasteiger partial charge in [0.15, 0.2) is 5.78 Å². The third kappa shape index (κ3) is 1.84. The van der Waals surface area contributed by atoms with Gasteiger partial charge >= 0.3 is 0 Å². The molecule has 1 N–H and O–H groups in total. The molecule has 0 aromatic carbocycles. The van der Waals surface area contributed by atoms with Crippen molar-refractivity contribution in [1.82, 2.24) is 0 Å². The number of fused-ring (bicyclic) bond motifs is 5. The van der Waals surface area contributed by atoms with E-state index in [2.05, 4.69) is 13.8 Å². The van der Waals surface area contributed by atoms with Crippen LogP contribution in [0.4, 0.5) is 0 Å². The molecule has 0 aromatic heterocycles. The molecular weight excluding hydrogens is 260 g/mol. The van der Waals surface area contributed by atoms with Crippen LogP contribution >= 0.6 is 0 Å². The second kappa shape index (κ2) is 4.44. The van der Waals surface area contributed by atoms with E-state index in [1.165, 1.54) is 32.1 Å². The van der Waals surface area contributed by atoms with E-state index in [9.17, 15) is 9.90 Å². The number of rotatable bonds is 0. The van der Waals surface area contributed by atoms with Crippen LogP contribution in [0.1, 0.15) is 65.2 Å². The first-order valence-corrected chi connectivity index (χ1v) is 8.87. The molecule has 6 atom stereocenters. The summed E-state index contributed by atoms with van der Waals surface area (Å²) in [4.78, 5) is 11.8. The zero-order chi connectivity index (χ0) is 14.8. The summed E-state index contributed by atoms with van der Waals surface area (Å²) in [6.45, 7) is 4.83. The largest absolute Gasteiger partial charge is 0.389 e. The SMILES string of the molecule is C[C@@]12CCCC1C1C[C@@H](O)C3=CC(=O)CC[C@]3(C)C1CC2. The Hall–Kier alpha value is -0.630. The summed E-state index contributed by atoms with van der Waals surface area (Å²) >= 11 is 0. The van der Waals surface area contributed by atoms with Crippen molar-refractivity contribution in [1.29, 1.82) is 0 Å². The molecule has 2 heteroatoms. The molecule has 3 fully saturated rings. The Bertz CT molecular complexity index is 508. The van der Waals surface area contributed by atoms with Crippen LogP contribution in [0.25, 0.3) is 0 Å². The van der Waals surface area contributed by atoms with E-state index in [1.807, 2.05) is 0 Å². The molecule has 0 aromatic rings. The van der Waals surface area contributed by atoms with Gasteiger partial charge in [-0.3, -0.25) is 4.79 Å². The van der Waals surface area contributed by atoms with E-state index < -0.39 is 0 Å². The van der Waals surface area contributed by atoms with Crippen molar-refractivity contribution in [2.24, 2.45) is 28.6 Å². The fraction of sp³-hybridized carbons (Fsp3) is 0.842. The van der Waals surface area contributed by atoms with Crippen molar-refractivity contribution < 1.29 is 9.90 Å². The molecule has 116 valence electrons. The molecule has 3 saturated carbocycles. The number of aliphatic hydroxyl groups is 1. The molecule has 21 heavy (non-hydrogen) atoms. The summed E-state index contributed by atoms with van der Waals surface area (Å²) < 4.78 is 0. The second-order valence-electron chi connectivity index (χ2n) is 8.70. The van der Waals surface area contributed by atoms with Gasteiger partial charge in [-0.05, 0) is 78.8 Å². The average molecular weight is 288 g/mol. The molecule has 0 saturated heterocycles. The number of hydrogen-bond donors (Lipinski definition) is 1. The Morgan fingerprint density at radius 1 is 1.14 bits per heavy atom. The molecule has 4 aliphatic carbocycles. The Balaban J connectivity index is 1.73. The molecule has 0 amide bonds. The molecule has 2 nitrogen and oxygen atoms in total. The highest BCUT2D eigenvalue weighted by atomic mass is 16.3. The van der Waals surface area contributed by atoms with Crippen molar-refractivity contribution >= 4 is 5.78 Å². The summed E-state index contributed by atoms with van der Waals surface area (Å²) in [6.07, 6.45) is 10.7. The van der Waals surface area contributed by atoms with Gasteiger partial charge in [-0.2, -0.15) is 0 Å². The Kier molecular flexibility index (Phi) is 2.96. The van der Waals surface area contributed by atoms with Crippen LogP contribution < -0.4 is 0 Å². The van der Waals surface area contributed by atoms with Gasteiger partial charge < -0.3 is 5.11 Å². The number of carbonyl (C=O) groups is 1. The minimum atomic E-state index is -0.372. The van der Waals surface area contributed by atoms with Gasteiger partial charge in [0.25, 0.3) is 0 Å². The third-order valence-electron chi connectivity index (χ3n) is 7.76. The average Bonchev–Trinajstić information content (AvgIpc) is 2.83. The molecule has 0 heterocycles. The van der Waals surface area contributed by atoms with E-state index >= 15 is 0 Å². The summed E-state index contributed by atoms with van der Waals surface area (Å²) in [5.41, 5.74) is 1.69. The highest BCUT2D eigenvalue weighted by molar-refractivity contribution is 5.91. The van der Waals surface area contributed by atoms with E-state index in [1.54, 1.807) is 6.08 Å². The Morgan fingerprint density at radius 3 is 2.76 bits per heavy atom. The fourth-order valence-corrected chi connectivity index (χ4v) is 6.60. The van der Waals surface area contributed by atoms with Crippen molar-refractivity contribution in [3.63, 3.8) is 0 Å². The lowest BCUT2D eigenvalue weighted by Crippen LogP contribution is -2.53. The summed E-state index contributed by atoms with van der Waals surface area (Å²) in [5, 5.41) is 10.7. The van der Waals surface area contributed by atoms with Gasteiger partial charge in [0, 0.05) is 6.42 Å². The number of ketones is 1. The van der Waals surface area contributed by atoms with E-state index in [0.717, 1.165) is 24.3 Å². The van der Waals surface area contributed by atoms with E-state index in [4.69, 9.17) is 0 Å². The molecule has 0 spiro atoms.